The number of rotatable bonds is 4. The van der Waals surface area contributed by atoms with E-state index in [0.717, 1.165) is 24.2 Å². The van der Waals surface area contributed by atoms with Crippen molar-refractivity contribution in [3.05, 3.63) is 26.8 Å². The van der Waals surface area contributed by atoms with Crippen LogP contribution in [0.5, 0.6) is 0 Å². The van der Waals surface area contributed by atoms with Gasteiger partial charge in [-0.2, -0.15) is 0 Å². The molecule has 0 saturated heterocycles. The zero-order chi connectivity index (χ0) is 13.3. The second-order valence-electron chi connectivity index (χ2n) is 4.04. The molecule has 6 heteroatoms. The Balaban J connectivity index is 2.60. The van der Waals surface area contributed by atoms with E-state index in [1.807, 2.05) is 6.92 Å². The summed E-state index contributed by atoms with van der Waals surface area (Å²) < 4.78 is 5.11. The molecule has 0 aromatic carbocycles. The van der Waals surface area contributed by atoms with Crippen LogP contribution >= 0.6 is 11.3 Å². The Hall–Kier alpha value is -1.69. The Morgan fingerprint density at radius 2 is 2.22 bits per heavy atom. The number of aryl methyl sites for hydroxylation is 2. The van der Waals surface area contributed by atoms with Gasteiger partial charge in [0.05, 0.1) is 0 Å². The average Bonchev–Trinajstić information content (AvgIpc) is 2.64. The van der Waals surface area contributed by atoms with Crippen molar-refractivity contribution in [2.75, 3.05) is 0 Å². The fourth-order valence-electron chi connectivity index (χ4n) is 1.75. The standard InChI is InChI=1S/C12H13NO4S/c1-3-4-5-7-13-10-8(12(16)17-7)6(2)9(18-10)11(14)15/h3-5H2,1-2H3,(H,14,15). The topological polar surface area (TPSA) is 80.4 Å². The monoisotopic (exact) mass is 267 g/mol. The second-order valence-corrected chi connectivity index (χ2v) is 5.04. The minimum Gasteiger partial charge on any atom is -0.477 e. The Bertz CT molecular complexity index is 656. The molecule has 0 aliphatic heterocycles. The number of carboxylic acids is 1. The highest BCUT2D eigenvalue weighted by Gasteiger charge is 2.19. The molecule has 0 bridgehead atoms. The molecule has 0 unspecified atom stereocenters. The predicted octanol–water partition coefficient (Wildman–Crippen LogP) is 2.60. The summed E-state index contributed by atoms with van der Waals surface area (Å²) in [7, 11) is 0. The van der Waals surface area contributed by atoms with Crippen molar-refractivity contribution in [1.82, 2.24) is 4.98 Å². The summed E-state index contributed by atoms with van der Waals surface area (Å²) >= 11 is 1.02. The molecule has 0 fully saturated rings. The Kier molecular flexibility index (Phi) is 3.47. The highest BCUT2D eigenvalue weighted by atomic mass is 32.1. The van der Waals surface area contributed by atoms with E-state index in [1.165, 1.54) is 0 Å². The lowest BCUT2D eigenvalue weighted by molar-refractivity contribution is 0.0701. The highest BCUT2D eigenvalue weighted by molar-refractivity contribution is 7.20. The molecule has 2 aromatic heterocycles. The van der Waals surface area contributed by atoms with Gasteiger partial charge in [0.2, 0.25) is 0 Å². The van der Waals surface area contributed by atoms with Crippen LogP contribution < -0.4 is 5.63 Å². The number of hydrogen-bond acceptors (Lipinski definition) is 5. The van der Waals surface area contributed by atoms with Crippen LogP contribution in [0.15, 0.2) is 9.21 Å². The van der Waals surface area contributed by atoms with Gasteiger partial charge >= 0.3 is 11.6 Å². The van der Waals surface area contributed by atoms with Crippen molar-refractivity contribution >= 4 is 27.5 Å². The number of carbonyl (C=O) groups is 1. The van der Waals surface area contributed by atoms with E-state index >= 15 is 0 Å². The molecule has 5 nitrogen and oxygen atoms in total. The molecule has 18 heavy (non-hydrogen) atoms. The molecule has 96 valence electrons. The number of carboxylic acid groups (broad SMARTS) is 1. The van der Waals surface area contributed by atoms with Crippen molar-refractivity contribution in [3.63, 3.8) is 0 Å². The van der Waals surface area contributed by atoms with Gasteiger partial charge in [-0.15, -0.1) is 11.3 Å². The lowest BCUT2D eigenvalue weighted by Gasteiger charge is -1.97. The first-order valence-corrected chi connectivity index (χ1v) is 6.52. The maximum absolute atomic E-state index is 11.8. The molecule has 0 amide bonds. The Morgan fingerprint density at radius 3 is 2.83 bits per heavy atom. The number of thiophene rings is 1. The molecular weight excluding hydrogens is 254 g/mol. The molecule has 0 saturated carbocycles. The van der Waals surface area contributed by atoms with Crippen LogP contribution in [0.3, 0.4) is 0 Å². The summed E-state index contributed by atoms with van der Waals surface area (Å²) in [5.41, 5.74) is -0.0573. The Labute approximate surface area is 107 Å². The number of hydrogen-bond donors (Lipinski definition) is 1. The molecule has 2 rings (SSSR count). The van der Waals surface area contributed by atoms with Gasteiger partial charge in [-0.25, -0.2) is 14.6 Å². The summed E-state index contributed by atoms with van der Waals surface area (Å²) in [6.45, 7) is 3.64. The number of aromatic nitrogens is 1. The third kappa shape index (κ3) is 2.15. The maximum atomic E-state index is 11.8. The van der Waals surface area contributed by atoms with Gasteiger partial charge in [0, 0.05) is 6.42 Å². The van der Waals surface area contributed by atoms with Gasteiger partial charge in [-0.1, -0.05) is 13.3 Å². The van der Waals surface area contributed by atoms with Gasteiger partial charge < -0.3 is 9.52 Å². The third-order valence-corrected chi connectivity index (χ3v) is 3.88. The van der Waals surface area contributed by atoms with E-state index < -0.39 is 11.6 Å². The SMILES string of the molecule is CCCCc1nc2sc(C(=O)O)c(C)c2c(=O)o1. The van der Waals surface area contributed by atoms with E-state index in [-0.39, 0.29) is 10.3 Å². The van der Waals surface area contributed by atoms with Crippen LogP contribution in [0.1, 0.15) is 40.9 Å². The van der Waals surface area contributed by atoms with Gasteiger partial charge in [0.25, 0.3) is 0 Å². The fourth-order valence-corrected chi connectivity index (χ4v) is 2.77. The summed E-state index contributed by atoms with van der Waals surface area (Å²) in [6.07, 6.45) is 2.46. The zero-order valence-electron chi connectivity index (χ0n) is 10.1. The Morgan fingerprint density at radius 1 is 1.50 bits per heavy atom. The summed E-state index contributed by atoms with van der Waals surface area (Å²) in [4.78, 5) is 27.7. The van der Waals surface area contributed by atoms with Crippen LogP contribution in [0.25, 0.3) is 10.2 Å². The molecule has 2 heterocycles. The van der Waals surface area contributed by atoms with E-state index in [2.05, 4.69) is 4.98 Å². The normalized spacial score (nSPS) is 11.0. The lowest BCUT2D eigenvalue weighted by atomic mass is 10.2. The summed E-state index contributed by atoms with van der Waals surface area (Å²) in [5, 5.41) is 9.31. The van der Waals surface area contributed by atoms with Crippen molar-refractivity contribution in [1.29, 1.82) is 0 Å². The van der Waals surface area contributed by atoms with Gasteiger partial charge in [0.1, 0.15) is 15.1 Å². The average molecular weight is 267 g/mol. The van der Waals surface area contributed by atoms with Gasteiger partial charge in [-0.3, -0.25) is 0 Å². The smallest absolute Gasteiger partial charge is 0.348 e. The third-order valence-electron chi connectivity index (χ3n) is 2.71. The quantitative estimate of drug-likeness (QED) is 0.920. The predicted molar refractivity (Wildman–Crippen MR) is 68.5 cm³/mol. The second kappa shape index (κ2) is 4.89. The number of unbranched alkanes of at least 4 members (excludes halogenated alkanes) is 1. The van der Waals surface area contributed by atoms with E-state index in [1.54, 1.807) is 6.92 Å². The van der Waals surface area contributed by atoms with Crippen molar-refractivity contribution in [3.8, 4) is 0 Å². The van der Waals surface area contributed by atoms with Crippen molar-refractivity contribution < 1.29 is 14.3 Å². The molecule has 0 spiro atoms. The maximum Gasteiger partial charge on any atom is 0.348 e. The zero-order valence-corrected chi connectivity index (χ0v) is 11.0. The number of nitrogens with zero attached hydrogens (tertiary/aromatic N) is 1. The molecule has 0 aliphatic carbocycles. The number of fused-ring (bicyclic) bond motifs is 1. The first kappa shape index (κ1) is 12.8. The van der Waals surface area contributed by atoms with E-state index in [0.29, 0.717) is 22.7 Å². The minimum atomic E-state index is -1.04. The molecule has 0 radical (unpaired) electrons. The highest BCUT2D eigenvalue weighted by Crippen LogP contribution is 2.27. The molecule has 0 atom stereocenters. The van der Waals surface area contributed by atoms with Crippen LogP contribution in [0.2, 0.25) is 0 Å². The fraction of sp³-hybridized carbons (Fsp3) is 0.417. The first-order chi connectivity index (χ1) is 8.54. The molecule has 1 N–H and O–H groups in total. The summed E-state index contributed by atoms with van der Waals surface area (Å²) in [5.74, 6) is -0.655. The molecule has 2 aromatic rings. The van der Waals surface area contributed by atoms with Gasteiger partial charge in [0.15, 0.2) is 5.89 Å². The minimum absolute atomic E-state index is 0.150. The largest absolute Gasteiger partial charge is 0.477 e. The lowest BCUT2D eigenvalue weighted by Crippen LogP contribution is -2.05. The molecule has 0 aliphatic rings. The van der Waals surface area contributed by atoms with E-state index in [4.69, 9.17) is 9.52 Å². The molecular formula is C12H13NO4S. The van der Waals surface area contributed by atoms with Crippen LogP contribution in [-0.4, -0.2) is 16.1 Å². The van der Waals surface area contributed by atoms with Crippen LogP contribution in [0.4, 0.5) is 0 Å². The number of aromatic carboxylic acids is 1. The van der Waals surface area contributed by atoms with Crippen molar-refractivity contribution in [2.45, 2.75) is 33.1 Å². The summed E-state index contributed by atoms with van der Waals surface area (Å²) in [6, 6.07) is 0. The van der Waals surface area contributed by atoms with Gasteiger partial charge in [-0.05, 0) is 18.9 Å². The first-order valence-electron chi connectivity index (χ1n) is 5.71. The van der Waals surface area contributed by atoms with Crippen LogP contribution in [0, 0.1) is 6.92 Å². The van der Waals surface area contributed by atoms with E-state index in [9.17, 15) is 9.59 Å². The van der Waals surface area contributed by atoms with Crippen LogP contribution in [-0.2, 0) is 6.42 Å². The van der Waals surface area contributed by atoms with Crippen molar-refractivity contribution in [2.24, 2.45) is 0 Å².